The van der Waals surface area contributed by atoms with Crippen LogP contribution in [0.5, 0.6) is 5.88 Å². The summed E-state index contributed by atoms with van der Waals surface area (Å²) in [4.78, 5) is 11.0. The Bertz CT molecular complexity index is 681. The second-order valence-electron chi connectivity index (χ2n) is 5.50. The first-order valence-electron chi connectivity index (χ1n) is 7.82. The van der Waals surface area contributed by atoms with Gasteiger partial charge in [-0.25, -0.2) is 9.98 Å². The Morgan fingerprint density at radius 2 is 2.25 bits per heavy atom. The summed E-state index contributed by atoms with van der Waals surface area (Å²) in [5, 5.41) is 4.05. The van der Waals surface area contributed by atoms with Crippen LogP contribution in [0.1, 0.15) is 18.2 Å². The first-order chi connectivity index (χ1) is 11.5. The molecule has 0 aromatic carbocycles. The average Bonchev–Trinajstić information content (AvgIpc) is 2.89. The number of rotatable bonds is 6. The van der Waals surface area contributed by atoms with Crippen molar-refractivity contribution in [3.8, 4) is 5.88 Å². The molecule has 0 aliphatic carbocycles. The number of aromatic nitrogens is 2. The predicted octanol–water partition coefficient (Wildman–Crippen LogP) is 2.68. The minimum atomic E-state index is 0.553. The number of aryl methyl sites for hydroxylation is 1. The van der Waals surface area contributed by atoms with E-state index < -0.39 is 0 Å². The molecule has 2 rings (SSSR count). The molecule has 6 nitrogen and oxygen atoms in total. The molecule has 130 valence electrons. The van der Waals surface area contributed by atoms with Gasteiger partial charge >= 0.3 is 0 Å². The maximum absolute atomic E-state index is 6.05. The van der Waals surface area contributed by atoms with Gasteiger partial charge in [-0.3, -0.25) is 0 Å². The third kappa shape index (κ3) is 4.89. The molecule has 2 aromatic heterocycles. The lowest BCUT2D eigenvalue weighted by Crippen LogP contribution is -2.38. The third-order valence-electron chi connectivity index (χ3n) is 3.59. The molecule has 0 radical (unpaired) electrons. The predicted molar refractivity (Wildman–Crippen MR) is 97.5 cm³/mol. The van der Waals surface area contributed by atoms with Crippen molar-refractivity contribution in [1.29, 1.82) is 0 Å². The lowest BCUT2D eigenvalue weighted by Gasteiger charge is -2.22. The zero-order chi connectivity index (χ0) is 17.5. The zero-order valence-electron chi connectivity index (χ0n) is 14.6. The molecule has 7 heteroatoms. The summed E-state index contributed by atoms with van der Waals surface area (Å²) in [6.07, 6.45) is 3.68. The Labute approximate surface area is 148 Å². The van der Waals surface area contributed by atoms with E-state index in [4.69, 9.17) is 16.3 Å². The number of guanidine groups is 1. The summed E-state index contributed by atoms with van der Waals surface area (Å²) in [5.41, 5.74) is 2.15. The van der Waals surface area contributed by atoms with E-state index in [-0.39, 0.29) is 0 Å². The van der Waals surface area contributed by atoms with E-state index in [1.165, 1.54) is 0 Å². The highest BCUT2D eigenvalue weighted by Crippen LogP contribution is 2.14. The molecule has 0 atom stereocenters. The summed E-state index contributed by atoms with van der Waals surface area (Å²) in [6, 6.07) is 5.78. The molecule has 0 fully saturated rings. The van der Waals surface area contributed by atoms with Gasteiger partial charge in [-0.2, -0.15) is 0 Å². The van der Waals surface area contributed by atoms with Gasteiger partial charge in [0.05, 0.1) is 25.2 Å². The van der Waals surface area contributed by atoms with Crippen molar-refractivity contribution < 1.29 is 4.74 Å². The van der Waals surface area contributed by atoms with E-state index in [0.29, 0.717) is 12.4 Å². The number of nitrogens with one attached hydrogen (secondary N) is 1. The van der Waals surface area contributed by atoms with Crippen LogP contribution in [0.3, 0.4) is 0 Å². The number of pyridine rings is 1. The molecular weight excluding hydrogens is 326 g/mol. The van der Waals surface area contributed by atoms with E-state index in [2.05, 4.69) is 27.1 Å². The van der Waals surface area contributed by atoms with Crippen LogP contribution in [-0.2, 0) is 20.1 Å². The summed E-state index contributed by atoms with van der Waals surface area (Å²) in [5.74, 6) is 1.44. The largest absolute Gasteiger partial charge is 0.481 e. The summed E-state index contributed by atoms with van der Waals surface area (Å²) >= 11 is 6.05. The van der Waals surface area contributed by atoms with Crippen molar-refractivity contribution in [1.82, 2.24) is 19.8 Å². The van der Waals surface area contributed by atoms with Crippen LogP contribution in [0.4, 0.5) is 0 Å². The van der Waals surface area contributed by atoms with Gasteiger partial charge in [0.2, 0.25) is 5.88 Å². The van der Waals surface area contributed by atoms with Gasteiger partial charge in [-0.05, 0) is 18.6 Å². The van der Waals surface area contributed by atoms with Gasteiger partial charge in [0.15, 0.2) is 5.96 Å². The van der Waals surface area contributed by atoms with E-state index >= 15 is 0 Å². The van der Waals surface area contributed by atoms with Gasteiger partial charge in [0, 0.05) is 44.8 Å². The van der Waals surface area contributed by atoms with E-state index in [0.717, 1.165) is 35.3 Å². The van der Waals surface area contributed by atoms with Gasteiger partial charge in [0.25, 0.3) is 0 Å². The van der Waals surface area contributed by atoms with E-state index in [9.17, 15) is 0 Å². The number of aliphatic imine (C=N–C) groups is 1. The van der Waals surface area contributed by atoms with Gasteiger partial charge in [-0.15, -0.1) is 0 Å². The topological polar surface area (TPSA) is 54.7 Å². The number of ether oxygens (including phenoxy) is 1. The average molecular weight is 350 g/mol. The van der Waals surface area contributed by atoms with Crippen molar-refractivity contribution in [2.75, 3.05) is 20.7 Å². The Morgan fingerprint density at radius 1 is 1.46 bits per heavy atom. The molecular formula is C17H24ClN5O. The van der Waals surface area contributed by atoms with E-state index in [1.54, 1.807) is 13.3 Å². The van der Waals surface area contributed by atoms with Crippen LogP contribution in [0.25, 0.3) is 0 Å². The van der Waals surface area contributed by atoms with Crippen LogP contribution < -0.4 is 10.1 Å². The number of nitrogens with zero attached hydrogens (tertiary/aromatic N) is 4. The number of hydrogen-bond acceptors (Lipinski definition) is 3. The van der Waals surface area contributed by atoms with Crippen LogP contribution in [0, 0.1) is 0 Å². The summed E-state index contributed by atoms with van der Waals surface area (Å²) < 4.78 is 7.09. The number of hydrogen-bond donors (Lipinski definition) is 1. The van der Waals surface area contributed by atoms with Crippen molar-refractivity contribution in [3.05, 3.63) is 46.9 Å². The highest BCUT2D eigenvalue weighted by atomic mass is 35.5. The normalized spacial score (nSPS) is 11.5. The fraction of sp³-hybridized carbons (Fsp3) is 0.412. The first kappa shape index (κ1) is 18.1. The van der Waals surface area contributed by atoms with Gasteiger partial charge in [0.1, 0.15) is 0 Å². The highest BCUT2D eigenvalue weighted by molar-refractivity contribution is 6.30. The molecule has 0 unspecified atom stereocenters. The Balaban J connectivity index is 2.07. The zero-order valence-corrected chi connectivity index (χ0v) is 15.3. The quantitative estimate of drug-likeness (QED) is 0.643. The molecule has 2 aromatic rings. The van der Waals surface area contributed by atoms with Crippen LogP contribution in [-0.4, -0.2) is 41.1 Å². The standard InChI is InChI=1S/C17H24ClN5O/c1-5-19-17(21-10-13-6-7-16(24-4)20-9-13)23(3)12-15-8-14(18)11-22(15)2/h6-9,11H,5,10,12H2,1-4H3,(H,19,21). The minimum absolute atomic E-state index is 0.553. The van der Waals surface area contributed by atoms with Crippen molar-refractivity contribution in [2.24, 2.45) is 12.0 Å². The maximum Gasteiger partial charge on any atom is 0.212 e. The number of methoxy groups -OCH3 is 1. The van der Waals surface area contributed by atoms with Crippen LogP contribution in [0.2, 0.25) is 5.02 Å². The second-order valence-corrected chi connectivity index (χ2v) is 5.93. The molecule has 1 N–H and O–H groups in total. The molecule has 0 spiro atoms. The summed E-state index contributed by atoms with van der Waals surface area (Å²) in [6.45, 7) is 4.13. The molecule has 24 heavy (non-hydrogen) atoms. The molecule has 0 aliphatic heterocycles. The minimum Gasteiger partial charge on any atom is -0.481 e. The van der Waals surface area contributed by atoms with Gasteiger partial charge in [-0.1, -0.05) is 17.7 Å². The third-order valence-corrected chi connectivity index (χ3v) is 3.79. The summed E-state index contributed by atoms with van der Waals surface area (Å²) in [7, 11) is 5.60. The molecule has 0 aliphatic rings. The molecule has 0 saturated heterocycles. The second kappa shape index (κ2) is 8.59. The molecule has 0 amide bonds. The fourth-order valence-electron chi connectivity index (χ4n) is 2.30. The Kier molecular flexibility index (Phi) is 6.49. The van der Waals surface area contributed by atoms with Crippen LogP contribution >= 0.6 is 11.6 Å². The highest BCUT2D eigenvalue weighted by Gasteiger charge is 2.09. The number of halogens is 1. The van der Waals surface area contributed by atoms with E-state index in [1.807, 2.05) is 43.1 Å². The fourth-order valence-corrected chi connectivity index (χ4v) is 2.57. The first-order valence-corrected chi connectivity index (χ1v) is 8.20. The van der Waals surface area contributed by atoms with Crippen molar-refractivity contribution >= 4 is 17.6 Å². The van der Waals surface area contributed by atoms with Crippen molar-refractivity contribution in [2.45, 2.75) is 20.0 Å². The molecule has 0 bridgehead atoms. The lowest BCUT2D eigenvalue weighted by atomic mass is 10.3. The van der Waals surface area contributed by atoms with Gasteiger partial charge < -0.3 is 19.5 Å². The van der Waals surface area contributed by atoms with Crippen molar-refractivity contribution in [3.63, 3.8) is 0 Å². The molecule has 0 saturated carbocycles. The Hall–Kier alpha value is -2.21. The lowest BCUT2D eigenvalue weighted by molar-refractivity contribution is 0.397. The Morgan fingerprint density at radius 3 is 2.79 bits per heavy atom. The molecule has 2 heterocycles. The monoisotopic (exact) mass is 349 g/mol. The maximum atomic E-state index is 6.05. The smallest absolute Gasteiger partial charge is 0.212 e. The van der Waals surface area contributed by atoms with Crippen LogP contribution in [0.15, 0.2) is 35.6 Å². The SMILES string of the molecule is CCNC(=NCc1ccc(OC)nc1)N(C)Cc1cc(Cl)cn1C.